The summed E-state index contributed by atoms with van der Waals surface area (Å²) in [6, 6.07) is 7.68. The largest absolute Gasteiger partial charge is 0.495 e. The van der Waals surface area contributed by atoms with Gasteiger partial charge in [0.2, 0.25) is 0 Å². The van der Waals surface area contributed by atoms with Crippen LogP contribution >= 0.6 is 23.1 Å². The van der Waals surface area contributed by atoms with Crippen LogP contribution in [-0.4, -0.2) is 35.1 Å². The summed E-state index contributed by atoms with van der Waals surface area (Å²) in [6.45, 7) is 0.828. The number of para-hydroxylation sites is 2. The van der Waals surface area contributed by atoms with E-state index in [1.165, 1.54) is 16.9 Å². The van der Waals surface area contributed by atoms with Crippen molar-refractivity contribution in [2.45, 2.75) is 49.8 Å². The molecule has 0 spiro atoms. The summed E-state index contributed by atoms with van der Waals surface area (Å²) in [4.78, 5) is 21.0. The van der Waals surface area contributed by atoms with E-state index >= 15 is 0 Å². The lowest BCUT2D eigenvalue weighted by Crippen LogP contribution is -2.23. The quantitative estimate of drug-likeness (QED) is 0.439. The van der Waals surface area contributed by atoms with E-state index in [2.05, 4.69) is 0 Å². The Hall–Kier alpha value is -1.83. The third-order valence-electron chi connectivity index (χ3n) is 5.71. The number of thiophene rings is 1. The number of aromatic nitrogens is 2. The minimum Gasteiger partial charge on any atom is -0.495 e. The van der Waals surface area contributed by atoms with Gasteiger partial charge >= 0.3 is 0 Å². The molecule has 1 saturated heterocycles. The van der Waals surface area contributed by atoms with Crippen LogP contribution in [-0.2, 0) is 17.6 Å². The lowest BCUT2D eigenvalue weighted by Gasteiger charge is -2.16. The molecule has 5 rings (SSSR count). The molecular weight excluding hydrogens is 404 g/mol. The first-order valence-corrected chi connectivity index (χ1v) is 12.0. The fraction of sp³-hybridized carbons (Fsp3) is 0.455. The predicted octanol–water partition coefficient (Wildman–Crippen LogP) is 4.61. The summed E-state index contributed by atoms with van der Waals surface area (Å²) in [5.41, 5.74) is 1.99. The van der Waals surface area contributed by atoms with E-state index in [0.717, 1.165) is 65.5 Å². The minimum absolute atomic E-state index is 0.0220. The van der Waals surface area contributed by atoms with Gasteiger partial charge in [0.15, 0.2) is 5.16 Å². The zero-order valence-electron chi connectivity index (χ0n) is 16.5. The van der Waals surface area contributed by atoms with Crippen molar-refractivity contribution in [1.82, 2.24) is 9.55 Å². The van der Waals surface area contributed by atoms with Crippen LogP contribution in [0.1, 0.15) is 36.1 Å². The molecule has 0 amide bonds. The first-order chi connectivity index (χ1) is 14.3. The van der Waals surface area contributed by atoms with Gasteiger partial charge in [0.1, 0.15) is 10.6 Å². The molecule has 3 aromatic rings. The lowest BCUT2D eigenvalue weighted by molar-refractivity contribution is 0.129. The van der Waals surface area contributed by atoms with Crippen LogP contribution in [0.3, 0.4) is 0 Å². The maximum atomic E-state index is 13.8. The van der Waals surface area contributed by atoms with Crippen molar-refractivity contribution in [3.8, 4) is 11.4 Å². The van der Waals surface area contributed by atoms with Crippen molar-refractivity contribution in [1.29, 1.82) is 0 Å². The Labute approximate surface area is 178 Å². The summed E-state index contributed by atoms with van der Waals surface area (Å²) in [5.74, 6) is 1.48. The fourth-order valence-electron chi connectivity index (χ4n) is 4.25. The average molecular weight is 429 g/mol. The third kappa shape index (κ3) is 3.49. The molecule has 0 saturated carbocycles. The molecule has 1 atom stereocenters. The van der Waals surface area contributed by atoms with E-state index < -0.39 is 0 Å². The van der Waals surface area contributed by atoms with Gasteiger partial charge in [0, 0.05) is 17.2 Å². The number of aryl methyl sites for hydroxylation is 2. The SMILES string of the molecule is COc1ccccc1-n1c(SCC2CCCO2)nc2sc3c(c2c1=O)CCCC3. The molecule has 1 aromatic carbocycles. The molecule has 1 unspecified atom stereocenters. The molecule has 2 aliphatic rings. The van der Waals surface area contributed by atoms with Crippen LogP contribution in [0, 0.1) is 0 Å². The highest BCUT2D eigenvalue weighted by molar-refractivity contribution is 7.99. The summed E-state index contributed by atoms with van der Waals surface area (Å²) in [5, 5.41) is 1.53. The molecule has 2 aromatic heterocycles. The van der Waals surface area contributed by atoms with Crippen LogP contribution in [0.2, 0.25) is 0 Å². The third-order valence-corrected chi connectivity index (χ3v) is 7.96. The fourth-order valence-corrected chi connectivity index (χ4v) is 6.63. The number of fused-ring (bicyclic) bond motifs is 3. The van der Waals surface area contributed by atoms with Crippen LogP contribution in [0.5, 0.6) is 5.75 Å². The maximum absolute atomic E-state index is 13.8. The van der Waals surface area contributed by atoms with Gasteiger partial charge in [-0.3, -0.25) is 9.36 Å². The Morgan fingerprint density at radius 3 is 2.97 bits per heavy atom. The number of methoxy groups -OCH3 is 1. The number of hydrogen-bond acceptors (Lipinski definition) is 6. The zero-order valence-corrected chi connectivity index (χ0v) is 18.1. The molecule has 29 heavy (non-hydrogen) atoms. The van der Waals surface area contributed by atoms with Gasteiger partial charge in [0.25, 0.3) is 5.56 Å². The van der Waals surface area contributed by atoms with E-state index in [1.807, 2.05) is 24.3 Å². The molecule has 5 nitrogen and oxygen atoms in total. The molecule has 0 bridgehead atoms. The highest BCUT2D eigenvalue weighted by Crippen LogP contribution is 2.36. The van der Waals surface area contributed by atoms with Crippen molar-refractivity contribution < 1.29 is 9.47 Å². The van der Waals surface area contributed by atoms with Crippen LogP contribution in [0.25, 0.3) is 15.9 Å². The summed E-state index contributed by atoms with van der Waals surface area (Å²) >= 11 is 3.31. The lowest BCUT2D eigenvalue weighted by atomic mass is 9.97. The summed E-state index contributed by atoms with van der Waals surface area (Å²) in [6.07, 6.45) is 6.78. The molecule has 1 aliphatic carbocycles. The molecule has 1 aliphatic heterocycles. The monoisotopic (exact) mass is 428 g/mol. The molecule has 7 heteroatoms. The number of nitrogens with zero attached hydrogens (tertiary/aromatic N) is 2. The van der Waals surface area contributed by atoms with Crippen molar-refractivity contribution >= 4 is 33.3 Å². The van der Waals surface area contributed by atoms with Crippen LogP contribution in [0.15, 0.2) is 34.2 Å². The highest BCUT2D eigenvalue weighted by atomic mass is 32.2. The highest BCUT2D eigenvalue weighted by Gasteiger charge is 2.25. The zero-order chi connectivity index (χ0) is 19.8. The van der Waals surface area contributed by atoms with Gasteiger partial charge < -0.3 is 9.47 Å². The molecule has 152 valence electrons. The van der Waals surface area contributed by atoms with Crippen molar-refractivity contribution in [2.24, 2.45) is 0 Å². The van der Waals surface area contributed by atoms with Crippen molar-refractivity contribution in [3.63, 3.8) is 0 Å². The van der Waals surface area contributed by atoms with E-state index in [4.69, 9.17) is 14.5 Å². The predicted molar refractivity (Wildman–Crippen MR) is 118 cm³/mol. The van der Waals surface area contributed by atoms with Gasteiger partial charge in [0.05, 0.1) is 24.3 Å². The Morgan fingerprint density at radius 2 is 2.14 bits per heavy atom. The molecule has 3 heterocycles. The number of rotatable bonds is 5. The molecule has 1 fully saturated rings. The molecule has 0 N–H and O–H groups in total. The van der Waals surface area contributed by atoms with E-state index in [1.54, 1.807) is 34.8 Å². The number of ether oxygens (including phenoxy) is 2. The molecule has 0 radical (unpaired) electrons. The Kier molecular flexibility index (Phi) is 5.37. The number of benzene rings is 1. The van der Waals surface area contributed by atoms with Crippen molar-refractivity contribution in [2.75, 3.05) is 19.5 Å². The minimum atomic E-state index is 0.0220. The van der Waals surface area contributed by atoms with E-state index in [-0.39, 0.29) is 11.7 Å². The number of thioether (sulfide) groups is 1. The average Bonchev–Trinajstić information content (AvgIpc) is 3.39. The second-order valence-corrected chi connectivity index (χ2v) is 9.61. The smallest absolute Gasteiger partial charge is 0.267 e. The first kappa shape index (κ1) is 19.2. The van der Waals surface area contributed by atoms with Gasteiger partial charge in [-0.2, -0.15) is 0 Å². The number of hydrogen-bond donors (Lipinski definition) is 0. The topological polar surface area (TPSA) is 53.4 Å². The normalized spacial score (nSPS) is 18.9. The molecular formula is C22H24N2O3S2. The van der Waals surface area contributed by atoms with Gasteiger partial charge in [-0.15, -0.1) is 11.3 Å². The van der Waals surface area contributed by atoms with Gasteiger partial charge in [-0.05, 0) is 56.2 Å². The second-order valence-electron chi connectivity index (χ2n) is 7.54. The van der Waals surface area contributed by atoms with E-state index in [0.29, 0.717) is 5.75 Å². The Bertz CT molecular complexity index is 1100. The Morgan fingerprint density at radius 1 is 1.28 bits per heavy atom. The van der Waals surface area contributed by atoms with Crippen molar-refractivity contribution in [3.05, 3.63) is 45.1 Å². The summed E-state index contributed by atoms with van der Waals surface area (Å²) in [7, 11) is 1.64. The van der Waals surface area contributed by atoms with E-state index in [9.17, 15) is 4.79 Å². The maximum Gasteiger partial charge on any atom is 0.267 e. The van der Waals surface area contributed by atoms with Gasteiger partial charge in [-0.25, -0.2) is 4.98 Å². The second kappa shape index (κ2) is 8.13. The van der Waals surface area contributed by atoms with Crippen LogP contribution < -0.4 is 10.3 Å². The van der Waals surface area contributed by atoms with Crippen LogP contribution in [0.4, 0.5) is 0 Å². The summed E-state index contributed by atoms with van der Waals surface area (Å²) < 4.78 is 13.1. The standard InChI is InChI=1S/C22H24N2O3S2/c1-26-17-10-4-3-9-16(17)24-21(25)19-15-8-2-5-11-18(15)29-20(19)23-22(24)28-13-14-7-6-12-27-14/h3-4,9-10,14H,2,5-8,11-13H2,1H3. The Balaban J connectivity index is 1.69. The van der Waals surface area contributed by atoms with Gasteiger partial charge in [-0.1, -0.05) is 23.9 Å². The first-order valence-electron chi connectivity index (χ1n) is 10.2.